The highest BCUT2D eigenvalue weighted by Crippen LogP contribution is 2.21. The van der Waals surface area contributed by atoms with Crippen molar-refractivity contribution in [3.63, 3.8) is 0 Å². The fourth-order valence-corrected chi connectivity index (χ4v) is 1.76. The van der Waals surface area contributed by atoms with Gasteiger partial charge >= 0.3 is 0 Å². The van der Waals surface area contributed by atoms with Gasteiger partial charge in [0.25, 0.3) is 0 Å². The monoisotopic (exact) mass is 245 g/mol. The molecule has 2 rings (SSSR count). The van der Waals surface area contributed by atoms with E-state index in [2.05, 4.69) is 28.7 Å². The summed E-state index contributed by atoms with van der Waals surface area (Å²) >= 11 is 0. The second-order valence-corrected chi connectivity index (χ2v) is 4.33. The Morgan fingerprint density at radius 3 is 2.61 bits per heavy atom. The van der Waals surface area contributed by atoms with Crippen LogP contribution in [-0.4, -0.2) is 16.2 Å². The van der Waals surface area contributed by atoms with Crippen molar-refractivity contribution in [3.05, 3.63) is 36.7 Å². The van der Waals surface area contributed by atoms with Crippen molar-refractivity contribution in [2.75, 3.05) is 11.9 Å². The number of benzene rings is 1. The molecule has 0 radical (unpaired) electrons. The number of nitrogens with one attached hydrogen (secondary N) is 1. The van der Waals surface area contributed by atoms with Crippen LogP contribution >= 0.6 is 0 Å². The van der Waals surface area contributed by atoms with Crippen molar-refractivity contribution in [2.45, 2.75) is 26.8 Å². The Bertz CT molecular complexity index is 488. The molecule has 4 nitrogen and oxygen atoms in total. The molecule has 0 spiro atoms. The number of aromatic nitrogens is 2. The Labute approximate surface area is 108 Å². The van der Waals surface area contributed by atoms with E-state index in [9.17, 15) is 0 Å². The standard InChI is InChI=1S/C14H19N3O/c1-4-18-13-7-5-12(6-8-13)16-14-15-9-10-17(14)11(2)3/h5-11H,4H2,1-3H3,(H,15,16). The van der Waals surface area contributed by atoms with Crippen LogP contribution in [-0.2, 0) is 0 Å². The lowest BCUT2D eigenvalue weighted by molar-refractivity contribution is 0.340. The van der Waals surface area contributed by atoms with E-state index in [4.69, 9.17) is 4.74 Å². The molecule has 0 amide bonds. The van der Waals surface area contributed by atoms with Crippen LogP contribution in [0.2, 0.25) is 0 Å². The summed E-state index contributed by atoms with van der Waals surface area (Å²) in [6.45, 7) is 6.92. The molecular formula is C14H19N3O. The summed E-state index contributed by atoms with van der Waals surface area (Å²) in [4.78, 5) is 4.31. The van der Waals surface area contributed by atoms with Crippen LogP contribution in [0.5, 0.6) is 5.75 Å². The fourth-order valence-electron chi connectivity index (χ4n) is 1.76. The van der Waals surface area contributed by atoms with Crippen LogP contribution in [0.15, 0.2) is 36.7 Å². The number of ether oxygens (including phenoxy) is 1. The first-order chi connectivity index (χ1) is 8.70. The molecule has 1 heterocycles. The molecule has 0 bridgehead atoms. The molecule has 1 aromatic heterocycles. The molecule has 0 aliphatic carbocycles. The normalized spacial score (nSPS) is 10.7. The minimum Gasteiger partial charge on any atom is -0.494 e. The molecule has 0 aliphatic rings. The highest BCUT2D eigenvalue weighted by molar-refractivity contribution is 5.55. The molecule has 0 saturated heterocycles. The third kappa shape index (κ3) is 2.83. The summed E-state index contributed by atoms with van der Waals surface area (Å²) in [6.07, 6.45) is 3.78. The van der Waals surface area contributed by atoms with Crippen LogP contribution in [0.1, 0.15) is 26.8 Å². The maximum absolute atomic E-state index is 5.41. The lowest BCUT2D eigenvalue weighted by Crippen LogP contribution is -2.05. The lowest BCUT2D eigenvalue weighted by atomic mass is 10.3. The van der Waals surface area contributed by atoms with Gasteiger partial charge in [0.1, 0.15) is 5.75 Å². The van der Waals surface area contributed by atoms with E-state index in [0.29, 0.717) is 12.6 Å². The summed E-state index contributed by atoms with van der Waals surface area (Å²) < 4.78 is 7.50. The summed E-state index contributed by atoms with van der Waals surface area (Å²) in [5.74, 6) is 1.74. The van der Waals surface area contributed by atoms with Gasteiger partial charge in [-0.05, 0) is 45.0 Å². The molecule has 0 atom stereocenters. The summed E-state index contributed by atoms with van der Waals surface area (Å²) in [7, 11) is 0. The van der Waals surface area contributed by atoms with Crippen LogP contribution in [0, 0.1) is 0 Å². The average molecular weight is 245 g/mol. The average Bonchev–Trinajstić information content (AvgIpc) is 2.80. The molecular weight excluding hydrogens is 226 g/mol. The first-order valence-electron chi connectivity index (χ1n) is 6.23. The molecule has 18 heavy (non-hydrogen) atoms. The SMILES string of the molecule is CCOc1ccc(Nc2nccn2C(C)C)cc1. The number of hydrogen-bond acceptors (Lipinski definition) is 3. The fraction of sp³-hybridized carbons (Fsp3) is 0.357. The molecule has 4 heteroatoms. The van der Waals surface area contributed by atoms with Gasteiger partial charge in [-0.3, -0.25) is 0 Å². The molecule has 1 aromatic carbocycles. The minimum absolute atomic E-state index is 0.387. The van der Waals surface area contributed by atoms with E-state index in [1.807, 2.05) is 37.4 Å². The van der Waals surface area contributed by atoms with E-state index in [0.717, 1.165) is 17.4 Å². The largest absolute Gasteiger partial charge is 0.494 e. The van der Waals surface area contributed by atoms with Gasteiger partial charge in [-0.15, -0.1) is 0 Å². The summed E-state index contributed by atoms with van der Waals surface area (Å²) in [5.41, 5.74) is 1.01. The molecule has 2 aromatic rings. The number of hydrogen-bond donors (Lipinski definition) is 1. The number of rotatable bonds is 5. The maximum atomic E-state index is 5.41. The van der Waals surface area contributed by atoms with Crippen molar-refractivity contribution >= 4 is 11.6 Å². The van der Waals surface area contributed by atoms with Crippen LogP contribution in [0.4, 0.5) is 11.6 Å². The lowest BCUT2D eigenvalue weighted by Gasteiger charge is -2.13. The second kappa shape index (κ2) is 5.58. The van der Waals surface area contributed by atoms with Gasteiger partial charge in [-0.25, -0.2) is 4.98 Å². The molecule has 0 saturated carbocycles. The molecule has 96 valence electrons. The van der Waals surface area contributed by atoms with Crippen LogP contribution in [0.25, 0.3) is 0 Å². The van der Waals surface area contributed by atoms with Gasteiger partial charge in [0, 0.05) is 24.1 Å². The Hall–Kier alpha value is -1.97. The van der Waals surface area contributed by atoms with Crippen molar-refractivity contribution in [1.82, 2.24) is 9.55 Å². The van der Waals surface area contributed by atoms with Gasteiger partial charge in [0.2, 0.25) is 5.95 Å². The molecule has 0 aliphatic heterocycles. The van der Waals surface area contributed by atoms with Crippen LogP contribution in [0.3, 0.4) is 0 Å². The van der Waals surface area contributed by atoms with E-state index in [-0.39, 0.29) is 0 Å². The Balaban J connectivity index is 2.11. The van der Waals surface area contributed by atoms with Crippen molar-refractivity contribution < 1.29 is 4.74 Å². The predicted octanol–water partition coefficient (Wildman–Crippen LogP) is 3.61. The number of nitrogens with zero attached hydrogens (tertiary/aromatic N) is 2. The smallest absolute Gasteiger partial charge is 0.207 e. The van der Waals surface area contributed by atoms with E-state index < -0.39 is 0 Å². The minimum atomic E-state index is 0.387. The maximum Gasteiger partial charge on any atom is 0.207 e. The Morgan fingerprint density at radius 2 is 2.00 bits per heavy atom. The third-order valence-corrected chi connectivity index (χ3v) is 2.65. The highest BCUT2D eigenvalue weighted by Gasteiger charge is 2.05. The van der Waals surface area contributed by atoms with Gasteiger partial charge in [0.15, 0.2) is 0 Å². The van der Waals surface area contributed by atoms with Crippen molar-refractivity contribution in [1.29, 1.82) is 0 Å². The van der Waals surface area contributed by atoms with Crippen molar-refractivity contribution in [2.24, 2.45) is 0 Å². The molecule has 0 fully saturated rings. The third-order valence-electron chi connectivity index (χ3n) is 2.65. The predicted molar refractivity (Wildman–Crippen MR) is 73.5 cm³/mol. The van der Waals surface area contributed by atoms with Crippen LogP contribution < -0.4 is 10.1 Å². The number of imidazole rings is 1. The van der Waals surface area contributed by atoms with E-state index in [1.54, 1.807) is 6.20 Å². The molecule has 1 N–H and O–H groups in total. The number of anilines is 2. The zero-order chi connectivity index (χ0) is 13.0. The topological polar surface area (TPSA) is 39.1 Å². The Morgan fingerprint density at radius 1 is 1.28 bits per heavy atom. The summed E-state index contributed by atoms with van der Waals surface area (Å²) in [6, 6.07) is 8.27. The van der Waals surface area contributed by atoms with E-state index in [1.165, 1.54) is 0 Å². The zero-order valence-corrected chi connectivity index (χ0v) is 11.1. The Kier molecular flexibility index (Phi) is 3.87. The summed E-state index contributed by atoms with van der Waals surface area (Å²) in [5, 5.41) is 3.30. The van der Waals surface area contributed by atoms with Gasteiger partial charge < -0.3 is 14.6 Å². The van der Waals surface area contributed by atoms with E-state index >= 15 is 0 Å². The second-order valence-electron chi connectivity index (χ2n) is 4.33. The first kappa shape index (κ1) is 12.5. The zero-order valence-electron chi connectivity index (χ0n) is 11.1. The van der Waals surface area contributed by atoms with Gasteiger partial charge in [-0.2, -0.15) is 0 Å². The van der Waals surface area contributed by atoms with Gasteiger partial charge in [-0.1, -0.05) is 0 Å². The molecule has 0 unspecified atom stereocenters. The van der Waals surface area contributed by atoms with Gasteiger partial charge in [0.05, 0.1) is 6.61 Å². The quantitative estimate of drug-likeness (QED) is 0.874. The highest BCUT2D eigenvalue weighted by atomic mass is 16.5. The first-order valence-corrected chi connectivity index (χ1v) is 6.23. The van der Waals surface area contributed by atoms with Crippen molar-refractivity contribution in [3.8, 4) is 5.75 Å².